The lowest BCUT2D eigenvalue weighted by Gasteiger charge is -1.92. The highest BCUT2D eigenvalue weighted by atomic mass is 16.1. The molecule has 0 saturated carbocycles. The van der Waals surface area contributed by atoms with Crippen molar-refractivity contribution in [2.24, 2.45) is 0 Å². The number of aromatic nitrogens is 3. The van der Waals surface area contributed by atoms with Crippen molar-refractivity contribution in [3.05, 3.63) is 23.8 Å². The Morgan fingerprint density at radius 3 is 3.25 bits per heavy atom. The van der Waals surface area contributed by atoms with Crippen LogP contribution >= 0.6 is 0 Å². The molecule has 1 N–H and O–H groups in total. The van der Waals surface area contributed by atoms with E-state index in [-0.39, 0.29) is 0 Å². The zero-order chi connectivity index (χ0) is 8.39. The number of benzene rings is 1. The third-order valence-electron chi connectivity index (χ3n) is 1.71. The Bertz CT molecular complexity index is 407. The number of nitrogens with one attached hydrogen (secondary N) is 1. The molecule has 0 atom stereocenters. The summed E-state index contributed by atoms with van der Waals surface area (Å²) in [7, 11) is 0. The first-order valence-corrected chi connectivity index (χ1v) is 3.63. The molecule has 0 aliphatic carbocycles. The third-order valence-corrected chi connectivity index (χ3v) is 1.71. The number of carbonyl (C=O) groups excluding carboxylic acids is 1. The van der Waals surface area contributed by atoms with Crippen molar-refractivity contribution in [2.75, 3.05) is 0 Å². The van der Waals surface area contributed by atoms with Crippen LogP contribution in [0.2, 0.25) is 0 Å². The Kier molecular flexibility index (Phi) is 1.59. The summed E-state index contributed by atoms with van der Waals surface area (Å²) in [5.41, 5.74) is 2.66. The van der Waals surface area contributed by atoms with E-state index < -0.39 is 0 Å². The molecule has 1 heterocycles. The zero-order valence-electron chi connectivity index (χ0n) is 6.32. The van der Waals surface area contributed by atoms with Gasteiger partial charge in [0, 0.05) is 6.42 Å². The van der Waals surface area contributed by atoms with Crippen LogP contribution in [0.15, 0.2) is 18.2 Å². The SMILES string of the molecule is O=CCc1ccc2[nH]nnc2c1. The van der Waals surface area contributed by atoms with Gasteiger partial charge in [0.2, 0.25) is 0 Å². The number of aromatic amines is 1. The molecular weight excluding hydrogens is 154 g/mol. The second-order valence-electron chi connectivity index (χ2n) is 2.53. The molecule has 0 spiro atoms. The van der Waals surface area contributed by atoms with Crippen LogP contribution in [0.3, 0.4) is 0 Å². The van der Waals surface area contributed by atoms with E-state index in [1.54, 1.807) is 0 Å². The summed E-state index contributed by atoms with van der Waals surface area (Å²) in [4.78, 5) is 10.2. The van der Waals surface area contributed by atoms with Crippen LogP contribution in [-0.4, -0.2) is 21.7 Å². The van der Waals surface area contributed by atoms with Gasteiger partial charge in [-0.15, -0.1) is 5.10 Å². The first-order valence-electron chi connectivity index (χ1n) is 3.63. The van der Waals surface area contributed by atoms with Gasteiger partial charge in [-0.1, -0.05) is 11.3 Å². The largest absolute Gasteiger partial charge is 0.303 e. The minimum atomic E-state index is 0.433. The van der Waals surface area contributed by atoms with Crippen LogP contribution in [0, 0.1) is 0 Å². The Morgan fingerprint density at radius 2 is 2.42 bits per heavy atom. The lowest BCUT2D eigenvalue weighted by Crippen LogP contribution is -1.84. The number of carbonyl (C=O) groups is 1. The van der Waals surface area contributed by atoms with Crippen molar-refractivity contribution in [1.29, 1.82) is 0 Å². The highest BCUT2D eigenvalue weighted by Crippen LogP contribution is 2.09. The molecule has 1 aromatic heterocycles. The molecule has 0 aliphatic rings. The fourth-order valence-corrected chi connectivity index (χ4v) is 1.11. The molecule has 2 rings (SSSR count). The Morgan fingerprint density at radius 1 is 1.50 bits per heavy atom. The van der Waals surface area contributed by atoms with Gasteiger partial charge in [-0.05, 0) is 17.7 Å². The number of hydrogen-bond donors (Lipinski definition) is 1. The molecule has 0 bridgehead atoms. The first kappa shape index (κ1) is 6.97. The van der Waals surface area contributed by atoms with E-state index in [0.29, 0.717) is 6.42 Å². The molecule has 12 heavy (non-hydrogen) atoms. The predicted molar refractivity (Wildman–Crippen MR) is 43.7 cm³/mol. The van der Waals surface area contributed by atoms with Gasteiger partial charge in [0.15, 0.2) is 0 Å². The van der Waals surface area contributed by atoms with E-state index in [1.807, 2.05) is 18.2 Å². The minimum absolute atomic E-state index is 0.433. The van der Waals surface area contributed by atoms with E-state index in [0.717, 1.165) is 22.9 Å². The van der Waals surface area contributed by atoms with Crippen molar-refractivity contribution in [3.63, 3.8) is 0 Å². The van der Waals surface area contributed by atoms with Crippen LogP contribution in [0.25, 0.3) is 11.0 Å². The maximum atomic E-state index is 10.2. The van der Waals surface area contributed by atoms with Gasteiger partial charge < -0.3 is 4.79 Å². The Hall–Kier alpha value is -1.71. The summed E-state index contributed by atoms with van der Waals surface area (Å²) in [6, 6.07) is 5.61. The van der Waals surface area contributed by atoms with Crippen LogP contribution in [-0.2, 0) is 11.2 Å². The molecule has 60 valence electrons. The maximum Gasteiger partial charge on any atom is 0.124 e. The quantitative estimate of drug-likeness (QED) is 0.659. The van der Waals surface area contributed by atoms with Crippen LogP contribution < -0.4 is 0 Å². The van der Waals surface area contributed by atoms with Crippen molar-refractivity contribution in [3.8, 4) is 0 Å². The summed E-state index contributed by atoms with van der Waals surface area (Å²) in [5.74, 6) is 0. The monoisotopic (exact) mass is 161 g/mol. The minimum Gasteiger partial charge on any atom is -0.303 e. The molecule has 0 unspecified atom stereocenters. The number of nitrogens with zero attached hydrogens (tertiary/aromatic N) is 2. The fraction of sp³-hybridized carbons (Fsp3) is 0.125. The van der Waals surface area contributed by atoms with Crippen LogP contribution in [0.1, 0.15) is 5.56 Å². The average Bonchev–Trinajstić information content (AvgIpc) is 2.51. The number of rotatable bonds is 2. The van der Waals surface area contributed by atoms with Gasteiger partial charge in [-0.3, -0.25) is 5.10 Å². The number of aldehydes is 1. The van der Waals surface area contributed by atoms with Gasteiger partial charge >= 0.3 is 0 Å². The van der Waals surface area contributed by atoms with Gasteiger partial charge in [0.05, 0.1) is 5.52 Å². The number of H-pyrrole nitrogens is 1. The number of fused-ring (bicyclic) bond motifs is 1. The van der Waals surface area contributed by atoms with Crippen LogP contribution in [0.4, 0.5) is 0 Å². The molecular formula is C8H7N3O. The Balaban J connectivity index is 2.52. The van der Waals surface area contributed by atoms with E-state index in [9.17, 15) is 4.79 Å². The zero-order valence-corrected chi connectivity index (χ0v) is 6.32. The fourth-order valence-electron chi connectivity index (χ4n) is 1.11. The molecule has 4 heteroatoms. The van der Waals surface area contributed by atoms with Gasteiger partial charge in [0.1, 0.15) is 11.8 Å². The van der Waals surface area contributed by atoms with Gasteiger partial charge in [-0.25, -0.2) is 0 Å². The molecule has 0 aliphatic heterocycles. The maximum absolute atomic E-state index is 10.2. The Labute approximate surface area is 68.6 Å². The first-order chi connectivity index (χ1) is 5.90. The smallest absolute Gasteiger partial charge is 0.124 e. The molecule has 0 saturated heterocycles. The van der Waals surface area contributed by atoms with E-state index in [2.05, 4.69) is 15.4 Å². The van der Waals surface area contributed by atoms with Crippen LogP contribution in [0.5, 0.6) is 0 Å². The summed E-state index contributed by atoms with van der Waals surface area (Å²) in [6.07, 6.45) is 1.31. The number of hydrogen-bond acceptors (Lipinski definition) is 3. The predicted octanol–water partition coefficient (Wildman–Crippen LogP) is 0.699. The van der Waals surface area contributed by atoms with Crippen molar-refractivity contribution in [2.45, 2.75) is 6.42 Å². The summed E-state index contributed by atoms with van der Waals surface area (Å²) in [5, 5.41) is 10.2. The highest BCUT2D eigenvalue weighted by molar-refractivity contribution is 5.75. The second-order valence-corrected chi connectivity index (χ2v) is 2.53. The van der Waals surface area contributed by atoms with E-state index in [1.165, 1.54) is 0 Å². The normalized spacial score (nSPS) is 10.3. The molecule has 0 radical (unpaired) electrons. The highest BCUT2D eigenvalue weighted by Gasteiger charge is 1.97. The summed E-state index contributed by atoms with van der Waals surface area (Å²) < 4.78 is 0. The van der Waals surface area contributed by atoms with Crippen molar-refractivity contribution in [1.82, 2.24) is 15.4 Å². The van der Waals surface area contributed by atoms with Crippen molar-refractivity contribution < 1.29 is 4.79 Å². The topological polar surface area (TPSA) is 58.6 Å². The molecule has 0 amide bonds. The summed E-state index contributed by atoms with van der Waals surface area (Å²) in [6.45, 7) is 0. The lowest BCUT2D eigenvalue weighted by molar-refractivity contribution is -0.107. The van der Waals surface area contributed by atoms with Crippen molar-refractivity contribution >= 4 is 17.3 Å². The summed E-state index contributed by atoms with van der Waals surface area (Å²) >= 11 is 0. The molecule has 2 aromatic rings. The standard InChI is InChI=1S/C8H7N3O/c12-4-3-6-1-2-7-8(5-6)10-11-9-7/h1-2,4-5H,3H2,(H,9,10,11). The van der Waals surface area contributed by atoms with E-state index in [4.69, 9.17) is 0 Å². The second kappa shape index (κ2) is 2.73. The van der Waals surface area contributed by atoms with Gasteiger partial charge in [0.25, 0.3) is 0 Å². The molecule has 4 nitrogen and oxygen atoms in total. The average molecular weight is 161 g/mol. The lowest BCUT2D eigenvalue weighted by atomic mass is 10.1. The third kappa shape index (κ3) is 1.07. The molecule has 0 fully saturated rings. The van der Waals surface area contributed by atoms with Gasteiger partial charge in [-0.2, -0.15) is 0 Å². The van der Waals surface area contributed by atoms with E-state index >= 15 is 0 Å². The molecule has 1 aromatic carbocycles.